The molecule has 0 heterocycles. The topological polar surface area (TPSA) is 66.4 Å². The van der Waals surface area contributed by atoms with Crippen molar-refractivity contribution in [1.29, 1.82) is 0 Å². The lowest BCUT2D eigenvalue weighted by atomic mass is 10.1. The predicted octanol–water partition coefficient (Wildman–Crippen LogP) is 3.18. The van der Waals surface area contributed by atoms with Crippen molar-refractivity contribution in [1.82, 2.24) is 5.32 Å². The van der Waals surface area contributed by atoms with Crippen molar-refractivity contribution in [3.63, 3.8) is 0 Å². The van der Waals surface area contributed by atoms with Crippen LogP contribution in [0.2, 0.25) is 0 Å². The van der Waals surface area contributed by atoms with Crippen LogP contribution in [0.25, 0.3) is 0 Å². The number of hydrogen-bond donors (Lipinski definition) is 2. The highest BCUT2D eigenvalue weighted by Crippen LogP contribution is 2.18. The molecule has 0 radical (unpaired) electrons. The molecule has 1 atom stereocenters. The van der Waals surface area contributed by atoms with E-state index in [0.29, 0.717) is 19.4 Å². The number of rotatable bonds is 10. The molecule has 1 amide bonds. The molecule has 1 aromatic carbocycles. The van der Waals surface area contributed by atoms with Crippen molar-refractivity contribution < 1.29 is 14.7 Å². The number of carboxylic acids is 1. The summed E-state index contributed by atoms with van der Waals surface area (Å²) in [7, 11) is 0. The Morgan fingerprint density at radius 1 is 1.24 bits per heavy atom. The minimum Gasteiger partial charge on any atom is -0.481 e. The van der Waals surface area contributed by atoms with E-state index in [2.05, 4.69) is 17.4 Å². The number of nitrogens with one attached hydrogen (secondary N) is 1. The van der Waals surface area contributed by atoms with Gasteiger partial charge in [-0.3, -0.25) is 9.59 Å². The number of aliphatic carboxylic acids is 1. The van der Waals surface area contributed by atoms with Crippen LogP contribution in [0.3, 0.4) is 0 Å². The second-order valence-corrected chi connectivity index (χ2v) is 6.28. The number of hydrogen-bond acceptors (Lipinski definition) is 3. The fraction of sp³-hybridized carbons (Fsp3) is 0.500. The largest absolute Gasteiger partial charge is 0.481 e. The molecule has 1 unspecified atom stereocenters. The Bertz CT molecular complexity index is 436. The highest BCUT2D eigenvalue weighted by atomic mass is 32.2. The molecule has 0 aromatic heterocycles. The molecule has 4 nitrogen and oxygen atoms in total. The lowest BCUT2D eigenvalue weighted by Crippen LogP contribution is -2.28. The molecule has 0 saturated carbocycles. The Labute approximate surface area is 130 Å². The molecule has 0 fully saturated rings. The summed E-state index contributed by atoms with van der Waals surface area (Å²) in [5.74, 6) is 0.382. The van der Waals surface area contributed by atoms with Crippen molar-refractivity contribution in [2.45, 2.75) is 37.5 Å². The van der Waals surface area contributed by atoms with Crippen LogP contribution in [0.5, 0.6) is 0 Å². The van der Waals surface area contributed by atoms with Crippen LogP contribution in [0, 0.1) is 5.92 Å². The molecule has 0 aliphatic carbocycles. The van der Waals surface area contributed by atoms with E-state index >= 15 is 0 Å². The minimum absolute atomic E-state index is 0.0471. The molecule has 0 aliphatic heterocycles. The Balaban J connectivity index is 2.04. The van der Waals surface area contributed by atoms with Gasteiger partial charge in [0.25, 0.3) is 0 Å². The van der Waals surface area contributed by atoms with Gasteiger partial charge in [-0.05, 0) is 36.6 Å². The summed E-state index contributed by atoms with van der Waals surface area (Å²) in [5.41, 5.74) is 0. The summed E-state index contributed by atoms with van der Waals surface area (Å²) in [6.45, 7) is 2.51. The maximum Gasteiger partial charge on any atom is 0.303 e. The van der Waals surface area contributed by atoms with Gasteiger partial charge in [0.1, 0.15) is 0 Å². The first-order valence-corrected chi connectivity index (χ1v) is 8.23. The molecule has 1 rings (SSSR count). The molecule has 5 heteroatoms. The van der Waals surface area contributed by atoms with Gasteiger partial charge < -0.3 is 10.4 Å². The first kappa shape index (κ1) is 17.6. The maximum atomic E-state index is 11.7. The van der Waals surface area contributed by atoms with Gasteiger partial charge in [0, 0.05) is 24.3 Å². The number of thioether (sulfide) groups is 1. The quantitative estimate of drug-likeness (QED) is 0.514. The van der Waals surface area contributed by atoms with E-state index in [1.165, 1.54) is 4.90 Å². The van der Waals surface area contributed by atoms with E-state index < -0.39 is 5.97 Å². The number of carbonyl (C=O) groups is 2. The summed E-state index contributed by atoms with van der Waals surface area (Å²) in [6.07, 6.45) is 2.12. The second-order valence-electron chi connectivity index (χ2n) is 5.11. The molecular formula is C16H23NO3S. The van der Waals surface area contributed by atoms with E-state index in [0.717, 1.165) is 12.2 Å². The molecule has 0 bridgehead atoms. The van der Waals surface area contributed by atoms with Gasteiger partial charge in [-0.2, -0.15) is 0 Å². The van der Waals surface area contributed by atoms with Crippen LogP contribution in [-0.2, 0) is 9.59 Å². The minimum atomic E-state index is -0.786. The van der Waals surface area contributed by atoms with Gasteiger partial charge in [0.05, 0.1) is 0 Å². The zero-order valence-corrected chi connectivity index (χ0v) is 13.2. The Morgan fingerprint density at radius 3 is 2.62 bits per heavy atom. The first-order valence-electron chi connectivity index (χ1n) is 7.24. The molecule has 0 aliphatic rings. The van der Waals surface area contributed by atoms with Crippen LogP contribution in [0.1, 0.15) is 32.6 Å². The van der Waals surface area contributed by atoms with E-state index in [1.807, 2.05) is 25.1 Å². The maximum absolute atomic E-state index is 11.7. The zero-order chi connectivity index (χ0) is 15.5. The zero-order valence-electron chi connectivity index (χ0n) is 12.4. The van der Waals surface area contributed by atoms with Crippen molar-refractivity contribution in [3.8, 4) is 0 Å². The SMILES string of the molecule is CC(CCC(=O)O)CNC(=O)CCCSc1ccccc1. The van der Waals surface area contributed by atoms with Crippen LogP contribution >= 0.6 is 11.8 Å². The van der Waals surface area contributed by atoms with Crippen LogP contribution in [0.4, 0.5) is 0 Å². The van der Waals surface area contributed by atoms with Gasteiger partial charge in [-0.1, -0.05) is 25.1 Å². The summed E-state index contributed by atoms with van der Waals surface area (Å²) in [4.78, 5) is 23.3. The monoisotopic (exact) mass is 309 g/mol. The van der Waals surface area contributed by atoms with Crippen LogP contribution < -0.4 is 5.32 Å². The van der Waals surface area contributed by atoms with E-state index in [4.69, 9.17) is 5.11 Å². The van der Waals surface area contributed by atoms with Crippen LogP contribution in [-0.4, -0.2) is 29.3 Å². The van der Waals surface area contributed by atoms with E-state index in [1.54, 1.807) is 11.8 Å². The Hall–Kier alpha value is -1.49. The van der Waals surface area contributed by atoms with Crippen LogP contribution in [0.15, 0.2) is 35.2 Å². The smallest absolute Gasteiger partial charge is 0.303 e. The van der Waals surface area contributed by atoms with Gasteiger partial charge in [0.2, 0.25) is 5.91 Å². The van der Waals surface area contributed by atoms with Gasteiger partial charge in [0.15, 0.2) is 0 Å². The molecule has 2 N–H and O–H groups in total. The van der Waals surface area contributed by atoms with Crippen molar-refractivity contribution >= 4 is 23.6 Å². The fourth-order valence-electron chi connectivity index (χ4n) is 1.79. The highest BCUT2D eigenvalue weighted by Gasteiger charge is 2.07. The fourth-order valence-corrected chi connectivity index (χ4v) is 2.66. The predicted molar refractivity (Wildman–Crippen MR) is 85.4 cm³/mol. The number of benzene rings is 1. The summed E-state index contributed by atoms with van der Waals surface area (Å²) in [5, 5.41) is 11.5. The van der Waals surface area contributed by atoms with Crippen molar-refractivity contribution in [2.75, 3.05) is 12.3 Å². The molecule has 0 saturated heterocycles. The molecule has 1 aromatic rings. The Morgan fingerprint density at radius 2 is 1.95 bits per heavy atom. The summed E-state index contributed by atoms with van der Waals surface area (Å²) in [6, 6.07) is 10.1. The highest BCUT2D eigenvalue weighted by molar-refractivity contribution is 7.99. The van der Waals surface area contributed by atoms with Gasteiger partial charge >= 0.3 is 5.97 Å². The summed E-state index contributed by atoms with van der Waals surface area (Å²) < 4.78 is 0. The van der Waals surface area contributed by atoms with Crippen molar-refractivity contribution in [2.24, 2.45) is 5.92 Å². The average molecular weight is 309 g/mol. The molecule has 116 valence electrons. The third kappa shape index (κ3) is 9.13. The van der Waals surface area contributed by atoms with Gasteiger partial charge in [-0.25, -0.2) is 0 Å². The third-order valence-electron chi connectivity index (χ3n) is 3.06. The van der Waals surface area contributed by atoms with Gasteiger partial charge in [-0.15, -0.1) is 11.8 Å². The average Bonchev–Trinajstić information content (AvgIpc) is 2.48. The third-order valence-corrected chi connectivity index (χ3v) is 4.16. The standard InChI is InChI=1S/C16H23NO3S/c1-13(9-10-16(19)20)12-17-15(18)8-5-11-21-14-6-3-2-4-7-14/h2-4,6-7,13H,5,8-12H2,1H3,(H,17,18)(H,19,20). The van der Waals surface area contributed by atoms with E-state index in [9.17, 15) is 9.59 Å². The lowest BCUT2D eigenvalue weighted by Gasteiger charge is -2.11. The number of amides is 1. The van der Waals surface area contributed by atoms with E-state index in [-0.39, 0.29) is 18.2 Å². The first-order chi connectivity index (χ1) is 10.1. The lowest BCUT2D eigenvalue weighted by molar-refractivity contribution is -0.137. The van der Waals surface area contributed by atoms with Crippen molar-refractivity contribution in [3.05, 3.63) is 30.3 Å². The molecule has 0 spiro atoms. The number of carboxylic acid groups (broad SMARTS) is 1. The normalized spacial score (nSPS) is 11.9. The second kappa shape index (κ2) is 10.3. The molecule has 21 heavy (non-hydrogen) atoms. The Kier molecular flexibility index (Phi) is 8.59. The number of carbonyl (C=O) groups excluding carboxylic acids is 1. The summed E-state index contributed by atoms with van der Waals surface area (Å²) >= 11 is 1.75. The molecular weight excluding hydrogens is 286 g/mol.